The third kappa shape index (κ3) is 6.32. The van der Waals surface area contributed by atoms with Gasteiger partial charge in [-0.25, -0.2) is 14.8 Å². The topological polar surface area (TPSA) is 111 Å². The fraction of sp³-hybridized carbons (Fsp3) is 0.346. The molecule has 0 radical (unpaired) electrons. The van der Waals surface area contributed by atoms with E-state index in [-0.39, 0.29) is 0 Å². The summed E-state index contributed by atoms with van der Waals surface area (Å²) in [5, 5.41) is 18.8. The minimum atomic E-state index is -0.961. The molecule has 0 aliphatic heterocycles. The van der Waals surface area contributed by atoms with Crippen LogP contribution in [-0.2, 0) is 7.05 Å². The Morgan fingerprint density at radius 1 is 0.943 bits per heavy atom. The Hall–Kier alpha value is -4.01. The van der Waals surface area contributed by atoms with Crippen LogP contribution in [0, 0.1) is 0 Å². The summed E-state index contributed by atoms with van der Waals surface area (Å²) in [6, 6.07) is 8.79. The van der Waals surface area contributed by atoms with Gasteiger partial charge >= 0.3 is 6.09 Å². The van der Waals surface area contributed by atoms with Crippen molar-refractivity contribution in [2.75, 3.05) is 6.54 Å². The van der Waals surface area contributed by atoms with E-state index in [1.807, 2.05) is 50.2 Å². The van der Waals surface area contributed by atoms with Gasteiger partial charge < -0.3 is 10.4 Å². The second-order valence-corrected chi connectivity index (χ2v) is 8.62. The number of benzene rings is 1. The molecule has 1 amide bonds. The van der Waals surface area contributed by atoms with Crippen molar-refractivity contribution in [3.8, 4) is 33.6 Å². The van der Waals surface area contributed by atoms with Gasteiger partial charge in [-0.1, -0.05) is 37.5 Å². The summed E-state index contributed by atoms with van der Waals surface area (Å²) < 4.78 is 3.93. The van der Waals surface area contributed by atoms with Crippen LogP contribution in [0.2, 0.25) is 0 Å². The molecule has 1 saturated carbocycles. The summed E-state index contributed by atoms with van der Waals surface area (Å²) in [4.78, 5) is 18.7. The maximum absolute atomic E-state index is 9.49. The number of carboxylic acid groups (broad SMARTS) is 1. The van der Waals surface area contributed by atoms with Crippen molar-refractivity contribution >= 4 is 6.09 Å². The van der Waals surface area contributed by atoms with E-state index in [9.17, 15) is 4.79 Å². The highest BCUT2D eigenvalue weighted by Crippen LogP contribution is 2.29. The maximum Gasteiger partial charge on any atom is 0.404 e. The SMILES string of the molecule is CCNC(=O)O.Cn1cc(-c2cccc(-c3ncc(-c4cnn(C5CCCCC5)c4)cn3)c2)cn1. The van der Waals surface area contributed by atoms with Crippen LogP contribution in [0.1, 0.15) is 45.1 Å². The van der Waals surface area contributed by atoms with Crippen LogP contribution in [0.25, 0.3) is 33.6 Å². The van der Waals surface area contributed by atoms with E-state index >= 15 is 0 Å². The summed E-state index contributed by atoms with van der Waals surface area (Å²) in [6.45, 7) is 2.21. The molecule has 0 bridgehead atoms. The van der Waals surface area contributed by atoms with Crippen LogP contribution < -0.4 is 5.32 Å². The second-order valence-electron chi connectivity index (χ2n) is 8.62. The Labute approximate surface area is 204 Å². The fourth-order valence-electron chi connectivity index (χ4n) is 4.22. The lowest BCUT2D eigenvalue weighted by atomic mass is 9.96. The van der Waals surface area contributed by atoms with Crippen LogP contribution in [-0.4, -0.2) is 47.3 Å². The highest BCUT2D eigenvalue weighted by molar-refractivity contribution is 5.70. The van der Waals surface area contributed by atoms with Crippen LogP contribution in [0.5, 0.6) is 0 Å². The molecule has 0 saturated heterocycles. The predicted molar refractivity (Wildman–Crippen MR) is 135 cm³/mol. The molecule has 35 heavy (non-hydrogen) atoms. The van der Waals surface area contributed by atoms with Crippen molar-refractivity contribution in [3.05, 3.63) is 61.4 Å². The van der Waals surface area contributed by atoms with E-state index in [1.165, 1.54) is 32.1 Å². The van der Waals surface area contributed by atoms with Gasteiger partial charge in [-0.3, -0.25) is 9.36 Å². The lowest BCUT2D eigenvalue weighted by Crippen LogP contribution is -2.19. The standard InChI is InChI=1S/C23H24N6.C3H7NO2/c1-28-15-20(13-26-28)17-6-5-7-18(10-17)23-24-11-19(12-25-23)21-14-27-29(16-21)22-8-3-2-4-9-22;1-2-4-3(5)6/h5-7,10-16,22H,2-4,8-9H2,1H3;4H,2H2,1H3,(H,5,6). The molecule has 3 heterocycles. The van der Waals surface area contributed by atoms with Gasteiger partial charge in [-0.15, -0.1) is 0 Å². The molecule has 0 atom stereocenters. The van der Waals surface area contributed by atoms with E-state index in [2.05, 4.69) is 48.5 Å². The molecule has 1 aromatic carbocycles. The number of nitrogens with zero attached hydrogens (tertiary/aromatic N) is 6. The third-order valence-corrected chi connectivity index (χ3v) is 6.02. The zero-order valence-electron chi connectivity index (χ0n) is 20.1. The first-order valence-electron chi connectivity index (χ1n) is 12.0. The third-order valence-electron chi connectivity index (χ3n) is 6.02. The fourth-order valence-corrected chi connectivity index (χ4v) is 4.22. The van der Waals surface area contributed by atoms with Crippen LogP contribution in [0.4, 0.5) is 4.79 Å². The molecule has 5 rings (SSSR count). The number of carbonyl (C=O) groups is 1. The van der Waals surface area contributed by atoms with Gasteiger partial charge in [0.05, 0.1) is 18.4 Å². The molecular formula is C26H31N7O2. The van der Waals surface area contributed by atoms with Gasteiger partial charge in [0.15, 0.2) is 5.82 Å². The molecule has 9 heteroatoms. The number of aromatic nitrogens is 6. The number of hydrogen-bond donors (Lipinski definition) is 2. The minimum Gasteiger partial charge on any atom is -0.465 e. The van der Waals surface area contributed by atoms with Crippen LogP contribution in [0.15, 0.2) is 61.4 Å². The molecular weight excluding hydrogens is 442 g/mol. The molecule has 0 spiro atoms. The number of aryl methyl sites for hydroxylation is 1. The zero-order chi connectivity index (χ0) is 24.6. The average molecular weight is 474 g/mol. The van der Waals surface area contributed by atoms with Crippen molar-refractivity contribution < 1.29 is 9.90 Å². The van der Waals surface area contributed by atoms with Crippen molar-refractivity contribution in [2.45, 2.75) is 45.1 Å². The Balaban J connectivity index is 0.000000431. The van der Waals surface area contributed by atoms with Crippen molar-refractivity contribution in [3.63, 3.8) is 0 Å². The Kier molecular flexibility index (Phi) is 7.87. The van der Waals surface area contributed by atoms with Crippen molar-refractivity contribution in [2.24, 2.45) is 7.05 Å². The van der Waals surface area contributed by atoms with E-state index in [0.29, 0.717) is 12.6 Å². The first-order chi connectivity index (χ1) is 17.0. The molecule has 1 aliphatic carbocycles. The minimum absolute atomic E-state index is 0.481. The Morgan fingerprint density at radius 2 is 1.63 bits per heavy atom. The molecule has 1 aliphatic rings. The Bertz CT molecular complexity index is 1240. The largest absolute Gasteiger partial charge is 0.465 e. The normalized spacial score (nSPS) is 13.7. The number of hydrogen-bond acceptors (Lipinski definition) is 5. The van der Waals surface area contributed by atoms with E-state index < -0.39 is 6.09 Å². The van der Waals surface area contributed by atoms with Gasteiger partial charge in [-0.2, -0.15) is 10.2 Å². The molecule has 182 valence electrons. The predicted octanol–water partition coefficient (Wildman–Crippen LogP) is 5.19. The van der Waals surface area contributed by atoms with Crippen LogP contribution in [0.3, 0.4) is 0 Å². The van der Waals surface area contributed by atoms with E-state index in [4.69, 9.17) is 5.11 Å². The zero-order valence-corrected chi connectivity index (χ0v) is 20.1. The summed E-state index contributed by atoms with van der Waals surface area (Å²) in [5.41, 5.74) is 5.26. The average Bonchev–Trinajstić information content (AvgIpc) is 3.55. The summed E-state index contributed by atoms with van der Waals surface area (Å²) in [6.07, 6.45) is 17.2. The van der Waals surface area contributed by atoms with E-state index in [0.717, 1.165) is 33.6 Å². The lowest BCUT2D eigenvalue weighted by molar-refractivity contribution is 0.195. The van der Waals surface area contributed by atoms with Gasteiger partial charge in [0, 0.05) is 60.6 Å². The molecule has 4 aromatic rings. The number of rotatable bonds is 5. The smallest absolute Gasteiger partial charge is 0.404 e. The van der Waals surface area contributed by atoms with Crippen LogP contribution >= 0.6 is 0 Å². The first-order valence-corrected chi connectivity index (χ1v) is 12.0. The number of nitrogens with one attached hydrogen (secondary N) is 1. The quantitative estimate of drug-likeness (QED) is 0.413. The summed E-state index contributed by atoms with van der Waals surface area (Å²) in [7, 11) is 1.92. The number of amides is 1. The molecule has 0 unspecified atom stereocenters. The molecule has 9 nitrogen and oxygen atoms in total. The lowest BCUT2D eigenvalue weighted by Gasteiger charge is -2.21. The van der Waals surface area contributed by atoms with Gasteiger partial charge in [0.25, 0.3) is 0 Å². The second kappa shape index (κ2) is 11.4. The van der Waals surface area contributed by atoms with Crippen molar-refractivity contribution in [1.82, 2.24) is 34.8 Å². The highest BCUT2D eigenvalue weighted by Gasteiger charge is 2.16. The monoisotopic (exact) mass is 473 g/mol. The summed E-state index contributed by atoms with van der Waals surface area (Å²) >= 11 is 0. The molecule has 2 N–H and O–H groups in total. The first kappa shape index (κ1) is 24.1. The van der Waals surface area contributed by atoms with E-state index in [1.54, 1.807) is 11.6 Å². The molecule has 1 fully saturated rings. The van der Waals surface area contributed by atoms with Crippen molar-refractivity contribution in [1.29, 1.82) is 0 Å². The Morgan fingerprint density at radius 3 is 2.26 bits per heavy atom. The van der Waals surface area contributed by atoms with Gasteiger partial charge in [0.2, 0.25) is 0 Å². The maximum atomic E-state index is 9.49. The summed E-state index contributed by atoms with van der Waals surface area (Å²) in [5.74, 6) is 0.721. The van der Waals surface area contributed by atoms with Gasteiger partial charge in [-0.05, 0) is 31.4 Å². The molecule has 3 aromatic heterocycles. The van der Waals surface area contributed by atoms with Gasteiger partial charge in [0.1, 0.15) is 0 Å². The highest BCUT2D eigenvalue weighted by atomic mass is 16.4.